The summed E-state index contributed by atoms with van der Waals surface area (Å²) in [5.74, 6) is 0. The normalized spacial score (nSPS) is 14.0. The van der Waals surface area contributed by atoms with E-state index in [2.05, 4.69) is 0 Å². The molecule has 0 amide bonds. The molecule has 0 aliphatic heterocycles. The van der Waals surface area contributed by atoms with Crippen LogP contribution in [0.2, 0.25) is 13.1 Å². The molecule has 0 rings (SSSR count). The molecule has 0 saturated carbocycles. The lowest BCUT2D eigenvalue weighted by Gasteiger charge is -2.06. The first kappa shape index (κ1) is 8.09. The van der Waals surface area contributed by atoms with Crippen LogP contribution in [0.25, 0.3) is 0 Å². The van der Waals surface area contributed by atoms with Crippen LogP contribution in [-0.4, -0.2) is 25.2 Å². The van der Waals surface area contributed by atoms with E-state index in [1.807, 2.05) is 0 Å². The van der Waals surface area contributed by atoms with Gasteiger partial charge in [-0.2, -0.15) is 0 Å². The van der Waals surface area contributed by atoms with E-state index in [4.69, 9.17) is 9.35 Å². The first-order valence-corrected chi connectivity index (χ1v) is 7.06. The van der Waals surface area contributed by atoms with Crippen molar-refractivity contribution < 1.29 is 17.8 Å². The molecule has 0 radical (unpaired) electrons. The van der Waals surface area contributed by atoms with Gasteiger partial charge in [0.2, 0.25) is 0 Å². The standard InChI is InChI=1S/C2H8O4SSi/c1-8(2,6)7(3,4)5/h6H,1-2H3,(H,3,4,5). The second-order valence-corrected chi connectivity index (χ2v) is 10.3. The van der Waals surface area contributed by atoms with Gasteiger partial charge in [0.1, 0.15) is 0 Å². The molecule has 0 spiro atoms. The highest BCUT2D eigenvalue weighted by atomic mass is 32.4. The Bertz CT molecular complexity index is 163. The highest BCUT2D eigenvalue weighted by molar-refractivity contribution is 8.16. The lowest BCUT2D eigenvalue weighted by atomic mass is 11.9. The Morgan fingerprint density at radius 2 is 1.50 bits per heavy atom. The molecule has 6 heteroatoms. The maximum Gasteiger partial charge on any atom is 0.353 e. The lowest BCUT2D eigenvalue weighted by molar-refractivity contribution is 0.478. The lowest BCUT2D eigenvalue weighted by Crippen LogP contribution is -2.36. The Labute approximate surface area is 48.7 Å². The smallest absolute Gasteiger partial charge is 0.353 e. The zero-order valence-electron chi connectivity index (χ0n) is 4.62. The van der Waals surface area contributed by atoms with E-state index in [1.165, 1.54) is 0 Å². The minimum Gasteiger partial charge on any atom is -0.418 e. The van der Waals surface area contributed by atoms with Crippen molar-refractivity contribution in [1.82, 2.24) is 0 Å². The zero-order chi connectivity index (χ0) is 7.00. The van der Waals surface area contributed by atoms with E-state index in [0.29, 0.717) is 0 Å². The van der Waals surface area contributed by atoms with Crippen LogP contribution in [0.3, 0.4) is 0 Å². The summed E-state index contributed by atoms with van der Waals surface area (Å²) in [4.78, 5) is 8.66. The van der Waals surface area contributed by atoms with Crippen molar-refractivity contribution in [2.45, 2.75) is 13.1 Å². The molecule has 0 aromatic heterocycles. The van der Waals surface area contributed by atoms with Crippen molar-refractivity contribution in [3.05, 3.63) is 0 Å². The van der Waals surface area contributed by atoms with Crippen molar-refractivity contribution in [2.75, 3.05) is 0 Å². The molecule has 0 bridgehead atoms. The van der Waals surface area contributed by atoms with Crippen molar-refractivity contribution in [1.29, 1.82) is 0 Å². The molecule has 0 aromatic carbocycles. The minimum absolute atomic E-state index is 1.13. The number of hydrogen-bond acceptors (Lipinski definition) is 3. The first-order valence-electron chi connectivity index (χ1n) is 1.94. The van der Waals surface area contributed by atoms with Gasteiger partial charge in [0.15, 0.2) is 0 Å². The summed E-state index contributed by atoms with van der Waals surface area (Å²) in [5, 5.41) is 0. The van der Waals surface area contributed by atoms with Crippen molar-refractivity contribution in [3.63, 3.8) is 0 Å². The van der Waals surface area contributed by atoms with Gasteiger partial charge < -0.3 is 4.80 Å². The average molecular weight is 156 g/mol. The molecular formula is C2H8O4SSi. The molecule has 0 saturated heterocycles. The van der Waals surface area contributed by atoms with E-state index < -0.39 is 17.0 Å². The summed E-state index contributed by atoms with van der Waals surface area (Å²) in [5.41, 5.74) is 0. The van der Waals surface area contributed by atoms with E-state index in [9.17, 15) is 8.42 Å². The van der Waals surface area contributed by atoms with E-state index in [0.717, 1.165) is 13.1 Å². The first-order chi connectivity index (χ1) is 3.25. The Hall–Kier alpha value is 0.0869. The van der Waals surface area contributed by atoms with Crippen molar-refractivity contribution in [3.8, 4) is 0 Å². The molecule has 2 N–H and O–H groups in total. The molecule has 0 heterocycles. The van der Waals surface area contributed by atoms with Crippen LogP contribution < -0.4 is 0 Å². The third kappa shape index (κ3) is 1.91. The van der Waals surface area contributed by atoms with Gasteiger partial charge >= 0.3 is 7.47 Å². The van der Waals surface area contributed by atoms with Crippen LogP contribution in [-0.2, 0) is 9.57 Å². The second-order valence-electron chi connectivity index (χ2n) is 1.92. The van der Waals surface area contributed by atoms with Gasteiger partial charge in [-0.3, -0.25) is 4.55 Å². The average Bonchev–Trinajstić information content (AvgIpc) is 1.25. The van der Waals surface area contributed by atoms with Gasteiger partial charge in [0, 0.05) is 0 Å². The van der Waals surface area contributed by atoms with E-state index >= 15 is 0 Å². The van der Waals surface area contributed by atoms with Crippen LogP contribution in [0.15, 0.2) is 0 Å². The molecule has 0 fully saturated rings. The fourth-order valence-corrected chi connectivity index (χ4v) is 0. The SMILES string of the molecule is C[Si](C)(O)S(=O)(=O)O. The third-order valence-corrected chi connectivity index (χ3v) is 5.68. The van der Waals surface area contributed by atoms with Gasteiger partial charge in [-0.1, -0.05) is 0 Å². The van der Waals surface area contributed by atoms with Crippen LogP contribution in [0, 0.1) is 0 Å². The molecule has 4 nitrogen and oxygen atoms in total. The second kappa shape index (κ2) is 1.80. The molecule has 0 unspecified atom stereocenters. The summed E-state index contributed by atoms with van der Waals surface area (Å²) < 4.78 is 28.2. The molecule has 0 aliphatic rings. The maximum absolute atomic E-state index is 10.0. The Morgan fingerprint density at radius 1 is 1.38 bits per heavy atom. The molecular weight excluding hydrogens is 148 g/mol. The van der Waals surface area contributed by atoms with Crippen LogP contribution >= 0.6 is 0 Å². The Kier molecular flexibility index (Phi) is 1.82. The van der Waals surface area contributed by atoms with Gasteiger partial charge in [0.25, 0.3) is 9.57 Å². The molecule has 0 atom stereocenters. The molecule has 0 aliphatic carbocycles. The molecule has 8 heavy (non-hydrogen) atoms. The van der Waals surface area contributed by atoms with Crippen molar-refractivity contribution in [2.24, 2.45) is 0 Å². The maximum atomic E-state index is 10.0. The number of hydrogen-bond donors (Lipinski definition) is 2. The predicted octanol–water partition coefficient (Wildman–Crippen LogP) is -0.432. The van der Waals surface area contributed by atoms with Gasteiger partial charge in [-0.05, 0) is 13.1 Å². The summed E-state index contributed by atoms with van der Waals surface area (Å²) in [7, 11) is -7.48. The predicted molar refractivity (Wildman–Crippen MR) is 31.2 cm³/mol. The largest absolute Gasteiger partial charge is 0.418 e. The van der Waals surface area contributed by atoms with E-state index in [-0.39, 0.29) is 0 Å². The zero-order valence-corrected chi connectivity index (χ0v) is 6.44. The summed E-state index contributed by atoms with van der Waals surface area (Å²) in [6.45, 7) is 2.25. The van der Waals surface area contributed by atoms with Crippen LogP contribution in [0.5, 0.6) is 0 Å². The Balaban J connectivity index is 4.53. The summed E-state index contributed by atoms with van der Waals surface area (Å²) in [6.07, 6.45) is 0. The quantitative estimate of drug-likeness (QED) is 0.399. The fraction of sp³-hybridized carbons (Fsp3) is 1.00. The molecule has 0 aromatic rings. The molecule has 50 valence electrons. The fourth-order valence-electron chi connectivity index (χ4n) is 0. The monoisotopic (exact) mass is 156 g/mol. The van der Waals surface area contributed by atoms with Gasteiger partial charge in [-0.15, -0.1) is 0 Å². The third-order valence-electron chi connectivity index (χ3n) is 0.631. The number of rotatable bonds is 1. The summed E-state index contributed by atoms with van der Waals surface area (Å²) in [6, 6.07) is 0. The summed E-state index contributed by atoms with van der Waals surface area (Å²) >= 11 is 0. The Morgan fingerprint density at radius 3 is 1.50 bits per heavy atom. The topological polar surface area (TPSA) is 74.6 Å². The van der Waals surface area contributed by atoms with Crippen molar-refractivity contribution >= 4 is 17.0 Å². The highest BCUT2D eigenvalue weighted by Gasteiger charge is 2.34. The van der Waals surface area contributed by atoms with Crippen LogP contribution in [0.1, 0.15) is 0 Å². The minimum atomic E-state index is -4.15. The van der Waals surface area contributed by atoms with E-state index in [1.54, 1.807) is 0 Å². The van der Waals surface area contributed by atoms with Gasteiger partial charge in [-0.25, -0.2) is 8.42 Å². The van der Waals surface area contributed by atoms with Crippen LogP contribution in [0.4, 0.5) is 0 Å². The van der Waals surface area contributed by atoms with Gasteiger partial charge in [0.05, 0.1) is 0 Å². The highest BCUT2D eigenvalue weighted by Crippen LogP contribution is 2.02.